The van der Waals surface area contributed by atoms with Crippen molar-refractivity contribution in [1.82, 2.24) is 0 Å². The van der Waals surface area contributed by atoms with Gasteiger partial charge >= 0.3 is 0 Å². The van der Waals surface area contributed by atoms with E-state index in [0.29, 0.717) is 0 Å². The van der Waals surface area contributed by atoms with Gasteiger partial charge in [0.25, 0.3) is 0 Å². The topological polar surface area (TPSA) is 26.3 Å². The van der Waals surface area contributed by atoms with E-state index in [2.05, 4.69) is 6.92 Å². The van der Waals surface area contributed by atoms with Gasteiger partial charge in [-0.3, -0.25) is 4.79 Å². The van der Waals surface area contributed by atoms with Crippen molar-refractivity contribution in [2.24, 2.45) is 0 Å². The molecule has 0 saturated heterocycles. The highest BCUT2D eigenvalue weighted by Gasteiger charge is 2.13. The van der Waals surface area contributed by atoms with Crippen molar-refractivity contribution in [2.75, 3.05) is 7.11 Å². The van der Waals surface area contributed by atoms with Gasteiger partial charge in [0.05, 0.1) is 0 Å². The second-order valence-electron chi connectivity index (χ2n) is 4.18. The highest BCUT2D eigenvalue weighted by molar-refractivity contribution is 5.93. The predicted molar refractivity (Wildman–Crippen MR) is 68.6 cm³/mol. The third-order valence-corrected chi connectivity index (χ3v) is 2.75. The Morgan fingerprint density at radius 3 is 2.38 bits per heavy atom. The molecule has 0 bridgehead atoms. The number of carbonyl (C=O) groups excluding carboxylic acids is 1. The van der Waals surface area contributed by atoms with Crippen molar-refractivity contribution < 1.29 is 9.53 Å². The largest absolute Gasteiger partial charge is 0.373 e. The Kier molecular flexibility index (Phi) is 10.4. The minimum absolute atomic E-state index is 0.0959. The Balaban J connectivity index is 3.59. The van der Waals surface area contributed by atoms with Gasteiger partial charge in [-0.1, -0.05) is 51.5 Å². The van der Waals surface area contributed by atoms with Crippen molar-refractivity contribution in [3.05, 3.63) is 12.2 Å². The van der Waals surface area contributed by atoms with Crippen LogP contribution in [0.25, 0.3) is 0 Å². The molecule has 1 atom stereocenters. The predicted octanol–water partition coefficient (Wildman–Crippen LogP) is 3.90. The summed E-state index contributed by atoms with van der Waals surface area (Å²) in [5.41, 5.74) is 0. The smallest absolute Gasteiger partial charge is 0.184 e. The Labute approximate surface area is 100 Å². The van der Waals surface area contributed by atoms with E-state index < -0.39 is 0 Å². The molecule has 2 heteroatoms. The van der Waals surface area contributed by atoms with E-state index in [0.717, 1.165) is 12.8 Å². The van der Waals surface area contributed by atoms with Gasteiger partial charge in [-0.2, -0.15) is 0 Å². The molecule has 2 nitrogen and oxygen atoms in total. The van der Waals surface area contributed by atoms with Crippen molar-refractivity contribution in [2.45, 2.75) is 64.9 Å². The van der Waals surface area contributed by atoms with E-state index >= 15 is 0 Å². The van der Waals surface area contributed by atoms with Crippen molar-refractivity contribution in [3.63, 3.8) is 0 Å². The van der Waals surface area contributed by atoms with Crippen molar-refractivity contribution in [1.29, 1.82) is 0 Å². The summed E-state index contributed by atoms with van der Waals surface area (Å²) in [5.74, 6) is 0.0959. The molecule has 0 spiro atoms. The summed E-state index contributed by atoms with van der Waals surface area (Å²) in [6.45, 7) is 4.08. The highest BCUT2D eigenvalue weighted by atomic mass is 16.5. The van der Waals surface area contributed by atoms with Crippen LogP contribution in [0.1, 0.15) is 58.8 Å². The lowest BCUT2D eigenvalue weighted by Gasteiger charge is -2.11. The molecule has 0 rings (SSSR count). The maximum atomic E-state index is 11.5. The quantitative estimate of drug-likeness (QED) is 0.417. The number of rotatable bonds is 10. The molecule has 16 heavy (non-hydrogen) atoms. The maximum Gasteiger partial charge on any atom is 0.184 e. The van der Waals surface area contributed by atoms with Gasteiger partial charge in [0.2, 0.25) is 0 Å². The summed E-state index contributed by atoms with van der Waals surface area (Å²) >= 11 is 0. The van der Waals surface area contributed by atoms with Crippen LogP contribution in [0.15, 0.2) is 12.2 Å². The van der Waals surface area contributed by atoms with E-state index in [1.54, 1.807) is 19.3 Å². The second-order valence-corrected chi connectivity index (χ2v) is 4.18. The van der Waals surface area contributed by atoms with Gasteiger partial charge in [0.1, 0.15) is 6.10 Å². The molecule has 0 saturated carbocycles. The average molecular weight is 226 g/mol. The molecule has 0 aliphatic rings. The second kappa shape index (κ2) is 10.9. The molecule has 0 aliphatic heterocycles. The molecule has 0 heterocycles. The molecule has 0 aromatic heterocycles. The zero-order valence-corrected chi connectivity index (χ0v) is 11.0. The summed E-state index contributed by atoms with van der Waals surface area (Å²) in [6.07, 6.45) is 11.5. The first kappa shape index (κ1) is 15.4. The van der Waals surface area contributed by atoms with Gasteiger partial charge in [-0.05, 0) is 19.4 Å². The third-order valence-electron chi connectivity index (χ3n) is 2.75. The van der Waals surface area contributed by atoms with Gasteiger partial charge in [-0.15, -0.1) is 0 Å². The van der Waals surface area contributed by atoms with Gasteiger partial charge < -0.3 is 4.74 Å². The number of allylic oxidation sites excluding steroid dienone is 1. The minimum Gasteiger partial charge on any atom is -0.373 e. The van der Waals surface area contributed by atoms with Gasteiger partial charge in [0.15, 0.2) is 5.78 Å². The monoisotopic (exact) mass is 226 g/mol. The fourth-order valence-corrected chi connectivity index (χ4v) is 1.76. The first-order valence-electron chi connectivity index (χ1n) is 6.45. The standard InChI is InChI=1S/C14H26O2/c1-4-6-7-8-9-10-12-14(16-3)13(15)11-5-2/h5,11,14H,4,6-10,12H2,1-3H3. The normalized spacial score (nSPS) is 13.2. The number of hydrogen-bond acceptors (Lipinski definition) is 2. The van der Waals surface area contributed by atoms with E-state index in [9.17, 15) is 4.79 Å². The lowest BCUT2D eigenvalue weighted by atomic mass is 10.0. The summed E-state index contributed by atoms with van der Waals surface area (Å²) in [5, 5.41) is 0. The Bertz CT molecular complexity index is 197. The van der Waals surface area contributed by atoms with Crippen LogP contribution in [-0.4, -0.2) is 19.0 Å². The average Bonchev–Trinajstić information content (AvgIpc) is 2.28. The fraction of sp³-hybridized carbons (Fsp3) is 0.786. The van der Waals surface area contributed by atoms with E-state index in [1.807, 2.05) is 6.92 Å². The lowest BCUT2D eigenvalue weighted by molar-refractivity contribution is -0.124. The SMILES string of the molecule is CC=CC(=O)C(CCCCCCCC)OC. The number of carbonyl (C=O) groups is 1. The van der Waals surface area contributed by atoms with E-state index in [1.165, 1.54) is 32.1 Å². The number of methoxy groups -OCH3 is 1. The van der Waals surface area contributed by atoms with Crippen molar-refractivity contribution >= 4 is 5.78 Å². The van der Waals surface area contributed by atoms with Gasteiger partial charge in [0, 0.05) is 7.11 Å². The summed E-state index contributed by atoms with van der Waals surface area (Å²) in [6, 6.07) is 0. The van der Waals surface area contributed by atoms with E-state index in [-0.39, 0.29) is 11.9 Å². The zero-order valence-electron chi connectivity index (χ0n) is 11.0. The molecule has 0 aromatic carbocycles. The molecule has 1 unspecified atom stereocenters. The van der Waals surface area contributed by atoms with Crippen LogP contribution in [0, 0.1) is 0 Å². The van der Waals surface area contributed by atoms with Crippen LogP contribution in [0.4, 0.5) is 0 Å². The lowest BCUT2D eigenvalue weighted by Crippen LogP contribution is -2.20. The van der Waals surface area contributed by atoms with E-state index in [4.69, 9.17) is 4.74 Å². The highest BCUT2D eigenvalue weighted by Crippen LogP contribution is 2.11. The summed E-state index contributed by atoms with van der Waals surface area (Å²) < 4.78 is 5.19. The molecule has 0 radical (unpaired) electrons. The first-order valence-corrected chi connectivity index (χ1v) is 6.45. The summed E-state index contributed by atoms with van der Waals surface area (Å²) in [7, 11) is 1.61. The molecule has 0 amide bonds. The molecule has 0 fully saturated rings. The van der Waals surface area contributed by atoms with Crippen LogP contribution in [0.3, 0.4) is 0 Å². The van der Waals surface area contributed by atoms with Crippen LogP contribution < -0.4 is 0 Å². The summed E-state index contributed by atoms with van der Waals surface area (Å²) in [4.78, 5) is 11.5. The number of unbranched alkanes of at least 4 members (excludes halogenated alkanes) is 5. The van der Waals surface area contributed by atoms with Gasteiger partial charge in [-0.25, -0.2) is 0 Å². The van der Waals surface area contributed by atoms with Crippen LogP contribution in [-0.2, 0) is 9.53 Å². The number of ether oxygens (including phenoxy) is 1. The molecule has 0 aliphatic carbocycles. The Morgan fingerprint density at radius 2 is 1.81 bits per heavy atom. The Morgan fingerprint density at radius 1 is 1.19 bits per heavy atom. The fourth-order valence-electron chi connectivity index (χ4n) is 1.76. The van der Waals surface area contributed by atoms with Crippen LogP contribution >= 0.6 is 0 Å². The number of hydrogen-bond donors (Lipinski definition) is 0. The molecular weight excluding hydrogens is 200 g/mol. The first-order chi connectivity index (χ1) is 7.76. The third kappa shape index (κ3) is 7.63. The van der Waals surface area contributed by atoms with Crippen LogP contribution in [0.5, 0.6) is 0 Å². The number of ketones is 1. The van der Waals surface area contributed by atoms with Crippen molar-refractivity contribution in [3.8, 4) is 0 Å². The molecule has 0 N–H and O–H groups in total. The molecule has 0 aromatic rings. The molecular formula is C14H26O2. The maximum absolute atomic E-state index is 11.5. The molecule has 94 valence electrons. The Hall–Kier alpha value is -0.630. The zero-order chi connectivity index (χ0) is 12.2. The minimum atomic E-state index is -0.234. The van der Waals surface area contributed by atoms with Crippen LogP contribution in [0.2, 0.25) is 0 Å².